The van der Waals surface area contributed by atoms with Crippen molar-refractivity contribution in [2.45, 2.75) is 0 Å². The van der Waals surface area contributed by atoms with E-state index in [9.17, 15) is 0 Å². The van der Waals surface area contributed by atoms with Crippen LogP contribution in [0.25, 0.3) is 16.5 Å². The first kappa shape index (κ1) is 11.9. The summed E-state index contributed by atoms with van der Waals surface area (Å²) < 4.78 is 0. The Kier molecular flexibility index (Phi) is 2.75. The standard InChI is InChI=1S/C18H13N3/c1-2-6-15-13(5-1)14(9-12-21-15)18(16-7-3-10-19-16)17-8-4-11-20-17/h1-12,19H/b18-17+. The van der Waals surface area contributed by atoms with E-state index in [-0.39, 0.29) is 0 Å². The molecule has 0 bridgehead atoms. The summed E-state index contributed by atoms with van der Waals surface area (Å²) in [5, 5.41) is 1.13. The zero-order valence-corrected chi connectivity index (χ0v) is 11.3. The van der Waals surface area contributed by atoms with E-state index < -0.39 is 0 Å². The molecule has 2 aromatic heterocycles. The molecular weight excluding hydrogens is 258 g/mol. The van der Waals surface area contributed by atoms with Gasteiger partial charge in [0.1, 0.15) is 0 Å². The Hall–Kier alpha value is -2.94. The Morgan fingerprint density at radius 1 is 1.00 bits per heavy atom. The summed E-state index contributed by atoms with van der Waals surface area (Å²) in [5.41, 5.74) is 5.26. The molecule has 4 rings (SSSR count). The van der Waals surface area contributed by atoms with Crippen LogP contribution in [0.1, 0.15) is 11.3 Å². The maximum absolute atomic E-state index is 4.48. The lowest BCUT2D eigenvalue weighted by molar-refractivity contribution is 1.31. The summed E-state index contributed by atoms with van der Waals surface area (Å²) in [5.74, 6) is 0. The first-order valence-corrected chi connectivity index (χ1v) is 6.86. The summed E-state index contributed by atoms with van der Waals surface area (Å²) in [6.07, 6.45) is 9.60. The van der Waals surface area contributed by atoms with Gasteiger partial charge in [-0.05, 0) is 42.0 Å². The highest BCUT2D eigenvalue weighted by Crippen LogP contribution is 2.32. The minimum absolute atomic E-state index is 0.966. The molecule has 1 N–H and O–H groups in total. The first-order chi connectivity index (χ1) is 10.4. The fourth-order valence-corrected chi connectivity index (χ4v) is 2.67. The van der Waals surface area contributed by atoms with Gasteiger partial charge in [-0.2, -0.15) is 0 Å². The van der Waals surface area contributed by atoms with Gasteiger partial charge in [-0.25, -0.2) is 0 Å². The molecule has 0 radical (unpaired) electrons. The highest BCUT2D eigenvalue weighted by molar-refractivity contribution is 5.98. The van der Waals surface area contributed by atoms with Gasteiger partial charge in [0.25, 0.3) is 0 Å². The maximum atomic E-state index is 4.48. The molecular formula is C18H13N3. The van der Waals surface area contributed by atoms with Crippen molar-refractivity contribution in [2.24, 2.45) is 4.99 Å². The molecule has 0 aliphatic carbocycles. The van der Waals surface area contributed by atoms with Gasteiger partial charge in [0.15, 0.2) is 0 Å². The van der Waals surface area contributed by atoms with E-state index in [0.29, 0.717) is 0 Å². The van der Waals surface area contributed by atoms with Crippen LogP contribution in [0.2, 0.25) is 0 Å². The Balaban J connectivity index is 2.06. The van der Waals surface area contributed by atoms with E-state index >= 15 is 0 Å². The molecule has 0 amide bonds. The van der Waals surface area contributed by atoms with Crippen molar-refractivity contribution in [1.29, 1.82) is 0 Å². The lowest BCUT2D eigenvalue weighted by Gasteiger charge is -2.11. The van der Waals surface area contributed by atoms with Crippen LogP contribution >= 0.6 is 0 Å². The number of pyridine rings is 1. The largest absolute Gasteiger partial charge is 0.361 e. The molecule has 100 valence electrons. The lowest BCUT2D eigenvalue weighted by Crippen LogP contribution is -1.94. The van der Waals surface area contributed by atoms with Gasteiger partial charge >= 0.3 is 0 Å². The Bertz CT molecular complexity index is 864. The molecule has 1 aliphatic rings. The summed E-state index contributed by atoms with van der Waals surface area (Å²) >= 11 is 0. The van der Waals surface area contributed by atoms with Crippen molar-refractivity contribution in [3.05, 3.63) is 84.0 Å². The third-order valence-electron chi connectivity index (χ3n) is 3.60. The normalized spacial score (nSPS) is 15.8. The van der Waals surface area contributed by atoms with Crippen LogP contribution in [0.4, 0.5) is 0 Å². The molecule has 1 aliphatic heterocycles. The van der Waals surface area contributed by atoms with E-state index in [0.717, 1.165) is 33.4 Å². The number of fused-ring (bicyclic) bond motifs is 1. The number of aromatic nitrogens is 2. The predicted octanol–water partition coefficient (Wildman–Crippen LogP) is 3.96. The van der Waals surface area contributed by atoms with Crippen LogP contribution in [0.15, 0.2) is 77.7 Å². The number of aromatic amines is 1. The van der Waals surface area contributed by atoms with E-state index in [1.54, 1.807) is 0 Å². The zero-order chi connectivity index (χ0) is 14.1. The molecule has 3 aromatic rings. The zero-order valence-electron chi connectivity index (χ0n) is 11.3. The minimum atomic E-state index is 0.966. The topological polar surface area (TPSA) is 41.0 Å². The summed E-state index contributed by atoms with van der Waals surface area (Å²) in [6, 6.07) is 14.3. The molecule has 21 heavy (non-hydrogen) atoms. The van der Waals surface area contributed by atoms with Gasteiger partial charge in [-0.15, -0.1) is 0 Å². The second-order valence-electron chi connectivity index (χ2n) is 4.86. The third-order valence-corrected chi connectivity index (χ3v) is 3.60. The number of para-hydroxylation sites is 1. The molecule has 1 aromatic carbocycles. The van der Waals surface area contributed by atoms with Crippen LogP contribution in [-0.2, 0) is 0 Å². The van der Waals surface area contributed by atoms with E-state index in [1.807, 2.05) is 61.1 Å². The molecule has 0 fully saturated rings. The second-order valence-corrected chi connectivity index (χ2v) is 4.86. The van der Waals surface area contributed by atoms with Crippen LogP contribution in [0, 0.1) is 0 Å². The summed E-state index contributed by atoms with van der Waals surface area (Å²) in [4.78, 5) is 12.2. The van der Waals surface area contributed by atoms with E-state index in [1.165, 1.54) is 0 Å². The predicted molar refractivity (Wildman–Crippen MR) is 86.2 cm³/mol. The third kappa shape index (κ3) is 1.99. The summed E-state index contributed by atoms with van der Waals surface area (Å²) in [6.45, 7) is 0. The number of benzene rings is 1. The molecule has 0 unspecified atom stereocenters. The fourth-order valence-electron chi connectivity index (χ4n) is 2.67. The molecule has 0 saturated carbocycles. The van der Waals surface area contributed by atoms with Gasteiger partial charge in [0, 0.05) is 35.3 Å². The van der Waals surface area contributed by atoms with Crippen LogP contribution in [0.5, 0.6) is 0 Å². The van der Waals surface area contributed by atoms with Crippen molar-refractivity contribution < 1.29 is 0 Å². The molecule has 0 saturated heterocycles. The van der Waals surface area contributed by atoms with Crippen molar-refractivity contribution in [3.63, 3.8) is 0 Å². The Morgan fingerprint density at radius 3 is 2.76 bits per heavy atom. The number of aliphatic imine (C=N–C) groups is 1. The van der Waals surface area contributed by atoms with Gasteiger partial charge in [0.05, 0.1) is 11.2 Å². The molecule has 3 heterocycles. The Labute approximate surface area is 122 Å². The molecule has 0 atom stereocenters. The van der Waals surface area contributed by atoms with Crippen molar-refractivity contribution in [2.75, 3.05) is 0 Å². The van der Waals surface area contributed by atoms with Crippen LogP contribution in [-0.4, -0.2) is 16.2 Å². The van der Waals surface area contributed by atoms with Crippen molar-refractivity contribution >= 4 is 22.7 Å². The van der Waals surface area contributed by atoms with Gasteiger partial charge in [-0.1, -0.05) is 18.2 Å². The number of hydrogen-bond donors (Lipinski definition) is 1. The number of allylic oxidation sites excluding steroid dienone is 2. The van der Waals surface area contributed by atoms with E-state index in [2.05, 4.69) is 27.1 Å². The monoisotopic (exact) mass is 271 g/mol. The smallest absolute Gasteiger partial charge is 0.0729 e. The number of H-pyrrole nitrogens is 1. The van der Waals surface area contributed by atoms with Gasteiger partial charge in [0.2, 0.25) is 0 Å². The Morgan fingerprint density at radius 2 is 1.95 bits per heavy atom. The SMILES string of the molecule is C1=C/C(=C(\c2ccc[nH]2)c2ccnc3ccccc23)N=C1. The molecule has 3 nitrogen and oxygen atoms in total. The number of nitrogens with zero attached hydrogens (tertiary/aromatic N) is 2. The number of hydrogen-bond acceptors (Lipinski definition) is 2. The number of nitrogens with one attached hydrogen (secondary N) is 1. The summed E-state index contributed by atoms with van der Waals surface area (Å²) in [7, 11) is 0. The average molecular weight is 271 g/mol. The van der Waals surface area contributed by atoms with Crippen molar-refractivity contribution in [1.82, 2.24) is 9.97 Å². The molecule has 0 spiro atoms. The minimum Gasteiger partial charge on any atom is -0.361 e. The second kappa shape index (κ2) is 4.87. The first-order valence-electron chi connectivity index (χ1n) is 6.86. The van der Waals surface area contributed by atoms with E-state index in [4.69, 9.17) is 0 Å². The average Bonchev–Trinajstić information content (AvgIpc) is 3.22. The van der Waals surface area contributed by atoms with Crippen LogP contribution in [0.3, 0.4) is 0 Å². The van der Waals surface area contributed by atoms with Crippen LogP contribution < -0.4 is 0 Å². The maximum Gasteiger partial charge on any atom is 0.0729 e. The lowest BCUT2D eigenvalue weighted by atomic mass is 9.97. The fraction of sp³-hybridized carbons (Fsp3) is 0. The quantitative estimate of drug-likeness (QED) is 0.753. The number of rotatable bonds is 2. The highest BCUT2D eigenvalue weighted by atomic mass is 14.8. The van der Waals surface area contributed by atoms with Gasteiger partial charge in [-0.3, -0.25) is 9.98 Å². The highest BCUT2D eigenvalue weighted by Gasteiger charge is 2.15. The molecule has 3 heteroatoms. The van der Waals surface area contributed by atoms with Gasteiger partial charge < -0.3 is 4.98 Å². The van der Waals surface area contributed by atoms with Crippen molar-refractivity contribution in [3.8, 4) is 0 Å².